The third-order valence-corrected chi connectivity index (χ3v) is 5.73. The minimum absolute atomic E-state index is 0.0946. The fourth-order valence-electron chi connectivity index (χ4n) is 4.14. The minimum Gasteiger partial charge on any atom is -0.390 e. The van der Waals surface area contributed by atoms with E-state index in [1.54, 1.807) is 13.0 Å². The van der Waals surface area contributed by atoms with Gasteiger partial charge in [-0.15, -0.1) is 0 Å². The van der Waals surface area contributed by atoms with Crippen LogP contribution in [-0.2, 0) is 9.53 Å². The van der Waals surface area contributed by atoms with Gasteiger partial charge in [-0.3, -0.25) is 14.3 Å². The maximum atomic E-state index is 13.8. The third kappa shape index (κ3) is 4.59. The van der Waals surface area contributed by atoms with E-state index in [9.17, 15) is 19.1 Å². The van der Waals surface area contributed by atoms with Gasteiger partial charge < -0.3 is 20.5 Å². The summed E-state index contributed by atoms with van der Waals surface area (Å²) in [6.07, 6.45) is 0.887. The molecule has 2 amide bonds. The topological polar surface area (TPSA) is 95.8 Å². The van der Waals surface area contributed by atoms with Gasteiger partial charge in [0.2, 0.25) is 0 Å². The molecular weight excluding hydrogens is 415 g/mol. The number of halogens is 1. The molecule has 9 heteroatoms. The number of carbonyl (C=O) groups is 2. The first-order chi connectivity index (χ1) is 15.3. The number of ether oxygens (including phenoxy) is 1. The van der Waals surface area contributed by atoms with Crippen LogP contribution in [0.1, 0.15) is 22.5 Å². The summed E-state index contributed by atoms with van der Waals surface area (Å²) >= 11 is 0. The van der Waals surface area contributed by atoms with Crippen LogP contribution in [0, 0.1) is 19.7 Å². The van der Waals surface area contributed by atoms with Crippen molar-refractivity contribution in [2.45, 2.75) is 20.0 Å². The zero-order valence-corrected chi connectivity index (χ0v) is 18.2. The van der Waals surface area contributed by atoms with Crippen molar-refractivity contribution in [1.29, 1.82) is 0 Å². The van der Waals surface area contributed by atoms with Gasteiger partial charge in [0.05, 0.1) is 30.6 Å². The van der Waals surface area contributed by atoms with Gasteiger partial charge in [0.25, 0.3) is 5.91 Å². The van der Waals surface area contributed by atoms with E-state index in [1.807, 2.05) is 13.0 Å². The number of nitrogens with zero attached hydrogens (tertiary/aromatic N) is 2. The third-order valence-electron chi connectivity index (χ3n) is 5.73. The second kappa shape index (κ2) is 9.23. The normalized spacial score (nSPS) is 18.5. The van der Waals surface area contributed by atoms with Gasteiger partial charge in [0.15, 0.2) is 0 Å². The lowest BCUT2D eigenvalue weighted by Crippen LogP contribution is -2.45. The zero-order chi connectivity index (χ0) is 22.8. The SMILES string of the molecule is Cc1cc(C)n(C(=O)NC[C@H](O)CN2CCOCC2)c1C=C1C(=O)Nc2ccc(F)cc21. The number of aromatic nitrogens is 1. The number of aliphatic hydroxyl groups is 1. The number of amides is 2. The van der Waals surface area contributed by atoms with E-state index < -0.39 is 18.0 Å². The molecule has 2 aromatic rings. The van der Waals surface area contributed by atoms with Crippen LogP contribution in [0.5, 0.6) is 0 Å². The standard InChI is InChI=1S/C23H27FN4O4/c1-14-9-15(2)28(23(31)25-12-17(29)13-27-5-7-32-8-6-27)21(14)11-19-18-10-16(24)3-4-20(18)26-22(19)30/h3-4,9-11,17,29H,5-8,12-13H2,1-2H3,(H,25,31)(H,26,30)/t17-/m0/s1. The Balaban J connectivity index is 1.53. The van der Waals surface area contributed by atoms with Crippen molar-refractivity contribution in [2.24, 2.45) is 0 Å². The smallest absolute Gasteiger partial charge is 0.326 e. The number of carbonyl (C=O) groups excluding carboxylic acids is 2. The number of aliphatic hydroxyl groups excluding tert-OH is 1. The summed E-state index contributed by atoms with van der Waals surface area (Å²) in [5, 5.41) is 15.8. The number of rotatable bonds is 5. The molecule has 3 heterocycles. The summed E-state index contributed by atoms with van der Waals surface area (Å²) in [4.78, 5) is 27.6. The average molecular weight is 442 g/mol. The number of β-amino-alcohol motifs (C(OH)–C–C–N with tert-alkyl or cyclic N) is 1. The lowest BCUT2D eigenvalue weighted by molar-refractivity contribution is -0.110. The molecule has 170 valence electrons. The molecule has 2 aliphatic heterocycles. The van der Waals surface area contributed by atoms with Crippen LogP contribution in [0.2, 0.25) is 0 Å². The van der Waals surface area contributed by atoms with Gasteiger partial charge in [-0.05, 0) is 49.8 Å². The summed E-state index contributed by atoms with van der Waals surface area (Å²) in [5.41, 5.74) is 3.31. The monoisotopic (exact) mass is 442 g/mol. The van der Waals surface area contributed by atoms with Gasteiger partial charge in [-0.2, -0.15) is 0 Å². The van der Waals surface area contributed by atoms with Crippen LogP contribution in [0.3, 0.4) is 0 Å². The zero-order valence-electron chi connectivity index (χ0n) is 18.2. The highest BCUT2D eigenvalue weighted by molar-refractivity contribution is 6.35. The molecule has 0 aliphatic carbocycles. The van der Waals surface area contributed by atoms with Crippen molar-refractivity contribution in [2.75, 3.05) is 44.7 Å². The highest BCUT2D eigenvalue weighted by Gasteiger charge is 2.26. The molecule has 0 radical (unpaired) electrons. The molecule has 4 rings (SSSR count). The largest absolute Gasteiger partial charge is 0.390 e. The molecule has 0 unspecified atom stereocenters. The summed E-state index contributed by atoms with van der Waals surface area (Å²) in [7, 11) is 0. The highest BCUT2D eigenvalue weighted by atomic mass is 19.1. The average Bonchev–Trinajstić information content (AvgIpc) is 3.22. The number of benzene rings is 1. The molecule has 3 N–H and O–H groups in total. The maximum Gasteiger partial charge on any atom is 0.326 e. The molecule has 0 saturated carbocycles. The summed E-state index contributed by atoms with van der Waals surface area (Å²) in [6, 6.07) is 5.55. The predicted octanol–water partition coefficient (Wildman–Crippen LogP) is 1.99. The van der Waals surface area contributed by atoms with Crippen molar-refractivity contribution in [1.82, 2.24) is 14.8 Å². The summed E-state index contributed by atoms with van der Waals surface area (Å²) in [6.45, 7) is 6.96. The van der Waals surface area contributed by atoms with Gasteiger partial charge in [0.1, 0.15) is 5.82 Å². The van der Waals surface area contributed by atoms with Crippen molar-refractivity contribution in [3.63, 3.8) is 0 Å². The van der Waals surface area contributed by atoms with Crippen LogP contribution in [0.25, 0.3) is 11.6 Å². The number of nitrogens with one attached hydrogen (secondary N) is 2. The minimum atomic E-state index is -0.716. The Bertz CT molecular complexity index is 1070. The number of anilines is 1. The molecule has 0 spiro atoms. The Kier molecular flexibility index (Phi) is 6.40. The molecule has 1 aromatic heterocycles. The van der Waals surface area contributed by atoms with E-state index >= 15 is 0 Å². The fourth-order valence-corrected chi connectivity index (χ4v) is 4.14. The van der Waals surface area contributed by atoms with Crippen molar-refractivity contribution in [3.05, 3.63) is 52.6 Å². The van der Waals surface area contributed by atoms with E-state index in [2.05, 4.69) is 15.5 Å². The quantitative estimate of drug-likeness (QED) is 0.616. The number of aryl methyl sites for hydroxylation is 2. The second-order valence-electron chi connectivity index (χ2n) is 8.14. The van der Waals surface area contributed by atoms with Crippen LogP contribution in [0.15, 0.2) is 24.3 Å². The van der Waals surface area contributed by atoms with Gasteiger partial charge >= 0.3 is 6.03 Å². The lowest BCUT2D eigenvalue weighted by atomic mass is 10.0. The number of fused-ring (bicyclic) bond motifs is 1. The number of hydrogen-bond acceptors (Lipinski definition) is 5. The number of morpholine rings is 1. The van der Waals surface area contributed by atoms with Gasteiger partial charge in [-0.25, -0.2) is 9.18 Å². The van der Waals surface area contributed by atoms with E-state index in [0.29, 0.717) is 48.0 Å². The predicted molar refractivity (Wildman–Crippen MR) is 119 cm³/mol. The molecule has 0 bridgehead atoms. The molecule has 1 atom stereocenters. The van der Waals surface area contributed by atoms with Crippen LogP contribution in [0.4, 0.5) is 14.9 Å². The van der Waals surface area contributed by atoms with Crippen molar-refractivity contribution in [3.8, 4) is 0 Å². The van der Waals surface area contributed by atoms with Gasteiger partial charge in [-0.1, -0.05) is 0 Å². The first-order valence-electron chi connectivity index (χ1n) is 10.6. The Morgan fingerprint density at radius 2 is 2.06 bits per heavy atom. The fraction of sp³-hybridized carbons (Fsp3) is 0.391. The molecule has 2 aliphatic rings. The first kappa shape index (κ1) is 22.2. The first-order valence-corrected chi connectivity index (χ1v) is 10.6. The Hall–Kier alpha value is -3.01. The van der Waals surface area contributed by atoms with E-state index in [4.69, 9.17) is 4.74 Å². The Morgan fingerprint density at radius 1 is 1.31 bits per heavy atom. The molecule has 8 nitrogen and oxygen atoms in total. The van der Waals surface area contributed by atoms with Crippen molar-refractivity contribution < 1.29 is 23.8 Å². The molecular formula is C23H27FN4O4. The van der Waals surface area contributed by atoms with Crippen LogP contribution >= 0.6 is 0 Å². The summed E-state index contributed by atoms with van der Waals surface area (Å²) in [5.74, 6) is -0.793. The molecule has 32 heavy (non-hydrogen) atoms. The molecule has 1 saturated heterocycles. The number of hydrogen-bond donors (Lipinski definition) is 3. The van der Waals surface area contributed by atoms with Crippen molar-refractivity contribution >= 4 is 29.3 Å². The van der Waals surface area contributed by atoms with E-state index in [-0.39, 0.29) is 12.5 Å². The molecule has 1 fully saturated rings. The van der Waals surface area contributed by atoms with Crippen LogP contribution in [-0.4, -0.2) is 72.0 Å². The Labute approximate surface area is 185 Å². The molecule has 1 aromatic carbocycles. The van der Waals surface area contributed by atoms with E-state index in [1.165, 1.54) is 22.8 Å². The Morgan fingerprint density at radius 3 is 2.81 bits per heavy atom. The highest BCUT2D eigenvalue weighted by Crippen LogP contribution is 2.34. The lowest BCUT2D eigenvalue weighted by Gasteiger charge is -2.28. The van der Waals surface area contributed by atoms with Crippen LogP contribution < -0.4 is 10.6 Å². The van der Waals surface area contributed by atoms with E-state index in [0.717, 1.165) is 18.7 Å². The second-order valence-corrected chi connectivity index (χ2v) is 8.14. The maximum absolute atomic E-state index is 13.8. The van der Waals surface area contributed by atoms with Gasteiger partial charge in [0, 0.05) is 43.1 Å². The summed E-state index contributed by atoms with van der Waals surface area (Å²) < 4.78 is 20.5.